The van der Waals surface area contributed by atoms with Crippen LogP contribution in [0.1, 0.15) is 16.1 Å². The molecule has 0 bridgehead atoms. The van der Waals surface area contributed by atoms with E-state index in [4.69, 9.17) is 9.15 Å². The summed E-state index contributed by atoms with van der Waals surface area (Å²) in [5, 5.41) is 2.85. The lowest BCUT2D eigenvalue weighted by Crippen LogP contribution is -2.13. The van der Waals surface area contributed by atoms with Crippen LogP contribution in [-0.4, -0.2) is 15.9 Å². The maximum absolute atomic E-state index is 12.6. The Morgan fingerprint density at radius 2 is 1.81 bits per heavy atom. The first-order valence-electron chi connectivity index (χ1n) is 8.06. The normalized spacial score (nSPS) is 10.6. The highest BCUT2D eigenvalue weighted by Crippen LogP contribution is 2.19. The Morgan fingerprint density at radius 3 is 2.65 bits per heavy atom. The van der Waals surface area contributed by atoms with E-state index in [0.29, 0.717) is 28.3 Å². The number of hydrogen-bond acceptors (Lipinski definition) is 5. The number of nitrogens with one attached hydrogen (secondary N) is 1. The largest absolute Gasteiger partial charge is 0.486 e. The summed E-state index contributed by atoms with van der Waals surface area (Å²) >= 11 is 0. The van der Waals surface area contributed by atoms with Crippen molar-refractivity contribution in [1.82, 2.24) is 9.97 Å². The molecule has 128 valence electrons. The average molecular weight is 345 g/mol. The number of aromatic nitrogens is 2. The van der Waals surface area contributed by atoms with Gasteiger partial charge < -0.3 is 14.5 Å². The van der Waals surface area contributed by atoms with Crippen molar-refractivity contribution in [1.29, 1.82) is 0 Å². The van der Waals surface area contributed by atoms with E-state index in [0.717, 1.165) is 5.52 Å². The molecule has 26 heavy (non-hydrogen) atoms. The van der Waals surface area contributed by atoms with Crippen molar-refractivity contribution in [3.63, 3.8) is 0 Å². The van der Waals surface area contributed by atoms with E-state index in [1.165, 1.54) is 6.26 Å². The summed E-state index contributed by atoms with van der Waals surface area (Å²) in [6, 6.07) is 16.4. The SMILES string of the molecule is O=C(Nc1ccc2nccnc2c1)c1ccoc1COc1ccccc1. The molecule has 0 aliphatic carbocycles. The van der Waals surface area contributed by atoms with Crippen LogP contribution in [0.5, 0.6) is 5.75 Å². The molecule has 2 aromatic heterocycles. The van der Waals surface area contributed by atoms with Gasteiger partial charge >= 0.3 is 0 Å². The summed E-state index contributed by atoms with van der Waals surface area (Å²) in [5.74, 6) is 0.906. The van der Waals surface area contributed by atoms with Crippen molar-refractivity contribution >= 4 is 22.6 Å². The van der Waals surface area contributed by atoms with Crippen LogP contribution in [0.2, 0.25) is 0 Å². The van der Waals surface area contributed by atoms with Gasteiger partial charge in [-0.05, 0) is 36.4 Å². The number of carbonyl (C=O) groups excluding carboxylic acids is 1. The summed E-state index contributed by atoms with van der Waals surface area (Å²) in [6.07, 6.45) is 4.72. The third kappa shape index (κ3) is 3.39. The van der Waals surface area contributed by atoms with E-state index in [9.17, 15) is 4.79 Å². The number of furan rings is 1. The number of benzene rings is 2. The Bertz CT molecular complexity index is 1040. The van der Waals surface area contributed by atoms with Crippen LogP contribution in [0.25, 0.3) is 11.0 Å². The summed E-state index contributed by atoms with van der Waals surface area (Å²) < 4.78 is 11.1. The van der Waals surface area contributed by atoms with Crippen molar-refractivity contribution in [2.75, 3.05) is 5.32 Å². The monoisotopic (exact) mass is 345 g/mol. The number of fused-ring (bicyclic) bond motifs is 1. The Morgan fingerprint density at radius 1 is 1.00 bits per heavy atom. The zero-order valence-electron chi connectivity index (χ0n) is 13.8. The van der Waals surface area contributed by atoms with E-state index in [1.807, 2.05) is 36.4 Å². The molecule has 1 amide bonds. The Hall–Kier alpha value is -3.67. The van der Waals surface area contributed by atoms with E-state index >= 15 is 0 Å². The highest BCUT2D eigenvalue weighted by Gasteiger charge is 2.15. The van der Waals surface area contributed by atoms with Crippen molar-refractivity contribution in [2.24, 2.45) is 0 Å². The van der Waals surface area contributed by atoms with Gasteiger partial charge in [0.15, 0.2) is 5.76 Å². The maximum Gasteiger partial charge on any atom is 0.259 e. The molecular formula is C20H15N3O3. The molecule has 0 atom stereocenters. The van der Waals surface area contributed by atoms with Crippen LogP contribution in [0.4, 0.5) is 5.69 Å². The fraction of sp³-hybridized carbons (Fsp3) is 0.0500. The zero-order valence-corrected chi connectivity index (χ0v) is 13.8. The number of para-hydroxylation sites is 1. The van der Waals surface area contributed by atoms with E-state index in [1.54, 1.807) is 30.6 Å². The van der Waals surface area contributed by atoms with Crippen LogP contribution < -0.4 is 10.1 Å². The minimum Gasteiger partial charge on any atom is -0.486 e. The minimum absolute atomic E-state index is 0.170. The van der Waals surface area contributed by atoms with Crippen molar-refractivity contribution in [3.8, 4) is 5.75 Å². The van der Waals surface area contributed by atoms with Gasteiger partial charge in [-0.2, -0.15) is 0 Å². The fourth-order valence-corrected chi connectivity index (χ4v) is 2.56. The molecule has 0 fully saturated rings. The van der Waals surface area contributed by atoms with E-state index in [-0.39, 0.29) is 12.5 Å². The van der Waals surface area contributed by atoms with Crippen molar-refractivity contribution in [3.05, 3.63) is 84.6 Å². The predicted octanol–water partition coefficient (Wildman–Crippen LogP) is 4.05. The summed E-state index contributed by atoms with van der Waals surface area (Å²) in [6.45, 7) is 0.170. The Balaban J connectivity index is 1.48. The molecule has 6 heteroatoms. The molecule has 0 saturated carbocycles. The van der Waals surface area contributed by atoms with E-state index in [2.05, 4.69) is 15.3 Å². The highest BCUT2D eigenvalue weighted by atomic mass is 16.5. The second kappa shape index (κ2) is 7.06. The lowest BCUT2D eigenvalue weighted by molar-refractivity contribution is 0.102. The molecular weight excluding hydrogens is 330 g/mol. The minimum atomic E-state index is -0.270. The van der Waals surface area contributed by atoms with Crippen molar-refractivity contribution in [2.45, 2.75) is 6.61 Å². The zero-order chi connectivity index (χ0) is 17.8. The van der Waals surface area contributed by atoms with Gasteiger partial charge in [0.1, 0.15) is 12.4 Å². The predicted molar refractivity (Wildman–Crippen MR) is 97.0 cm³/mol. The Labute approximate surface area is 149 Å². The van der Waals surface area contributed by atoms with Crippen LogP contribution in [-0.2, 0) is 6.61 Å². The smallest absolute Gasteiger partial charge is 0.259 e. The molecule has 0 saturated heterocycles. The molecule has 2 aromatic carbocycles. The molecule has 1 N–H and O–H groups in total. The number of nitrogens with zero attached hydrogens (tertiary/aromatic N) is 2. The first-order valence-corrected chi connectivity index (χ1v) is 8.06. The standard InChI is InChI=1S/C20H15N3O3/c24-20(23-14-6-7-17-18(12-14)22-10-9-21-17)16-8-11-25-19(16)13-26-15-4-2-1-3-5-15/h1-12H,13H2,(H,23,24). The molecule has 0 spiro atoms. The van der Waals surface area contributed by atoms with Crippen LogP contribution in [0.3, 0.4) is 0 Å². The summed E-state index contributed by atoms with van der Waals surface area (Å²) in [5.41, 5.74) is 2.55. The number of anilines is 1. The highest BCUT2D eigenvalue weighted by molar-refractivity contribution is 6.05. The first kappa shape index (κ1) is 15.8. The van der Waals surface area contributed by atoms with Crippen LogP contribution in [0.15, 0.2) is 77.7 Å². The van der Waals surface area contributed by atoms with Crippen LogP contribution >= 0.6 is 0 Å². The summed E-state index contributed by atoms with van der Waals surface area (Å²) in [4.78, 5) is 21.0. The molecule has 4 aromatic rings. The van der Waals surface area contributed by atoms with Gasteiger partial charge in [0.05, 0.1) is 22.9 Å². The lowest BCUT2D eigenvalue weighted by atomic mass is 10.2. The van der Waals surface area contributed by atoms with E-state index < -0.39 is 0 Å². The molecule has 0 aliphatic heterocycles. The average Bonchev–Trinajstić information content (AvgIpc) is 3.16. The van der Waals surface area contributed by atoms with Gasteiger partial charge in [0.25, 0.3) is 5.91 Å². The summed E-state index contributed by atoms with van der Waals surface area (Å²) in [7, 11) is 0. The number of hydrogen-bond donors (Lipinski definition) is 1. The maximum atomic E-state index is 12.6. The van der Waals surface area contributed by atoms with Crippen molar-refractivity contribution < 1.29 is 13.9 Å². The quantitative estimate of drug-likeness (QED) is 0.590. The second-order valence-corrected chi connectivity index (χ2v) is 5.57. The topological polar surface area (TPSA) is 77.3 Å². The molecule has 0 radical (unpaired) electrons. The van der Waals surface area contributed by atoms with Gasteiger partial charge in [-0.3, -0.25) is 14.8 Å². The number of rotatable bonds is 5. The van der Waals surface area contributed by atoms with Gasteiger partial charge in [-0.25, -0.2) is 0 Å². The lowest BCUT2D eigenvalue weighted by Gasteiger charge is -2.08. The number of ether oxygens (including phenoxy) is 1. The third-order valence-corrected chi connectivity index (χ3v) is 3.83. The molecule has 0 unspecified atom stereocenters. The van der Waals surface area contributed by atoms with Gasteiger partial charge in [-0.15, -0.1) is 0 Å². The van der Waals surface area contributed by atoms with Gasteiger partial charge in [0.2, 0.25) is 0 Å². The first-order chi connectivity index (χ1) is 12.8. The Kier molecular flexibility index (Phi) is 4.30. The van der Waals surface area contributed by atoms with Gasteiger partial charge in [0, 0.05) is 18.1 Å². The third-order valence-electron chi connectivity index (χ3n) is 3.83. The fourth-order valence-electron chi connectivity index (χ4n) is 2.56. The second-order valence-electron chi connectivity index (χ2n) is 5.57. The van der Waals surface area contributed by atoms with Crippen LogP contribution in [0, 0.1) is 0 Å². The number of amides is 1. The molecule has 2 heterocycles. The molecule has 0 aliphatic rings. The molecule has 6 nitrogen and oxygen atoms in total. The van der Waals surface area contributed by atoms with Gasteiger partial charge in [-0.1, -0.05) is 18.2 Å². The number of carbonyl (C=O) groups is 1. The molecule has 4 rings (SSSR count).